The molecule has 2 aromatic carbocycles. The number of benzene rings is 2. The molecule has 0 radical (unpaired) electrons. The topological polar surface area (TPSA) is 82.8 Å². The summed E-state index contributed by atoms with van der Waals surface area (Å²) in [6, 6.07) is 13.1. The number of rotatable bonds is 5. The van der Waals surface area contributed by atoms with Gasteiger partial charge in [-0.3, -0.25) is 4.79 Å². The Balaban J connectivity index is 1.40. The second-order valence-corrected chi connectivity index (χ2v) is 7.38. The fourth-order valence-electron chi connectivity index (χ4n) is 3.57. The Morgan fingerprint density at radius 1 is 1.10 bits per heavy atom. The van der Waals surface area contributed by atoms with Gasteiger partial charge in [0, 0.05) is 11.6 Å². The van der Waals surface area contributed by atoms with Crippen LogP contribution in [0.4, 0.5) is 5.69 Å². The normalized spacial score (nSPS) is 15.8. The molecule has 2 aliphatic rings. The molecule has 0 spiro atoms. The zero-order valence-electron chi connectivity index (χ0n) is 16.2. The summed E-state index contributed by atoms with van der Waals surface area (Å²) >= 11 is 0. The Morgan fingerprint density at radius 2 is 1.93 bits per heavy atom. The number of aromatic nitrogens is 1. The summed E-state index contributed by atoms with van der Waals surface area (Å²) in [4.78, 5) is 13.1. The molecule has 0 saturated heterocycles. The first-order valence-corrected chi connectivity index (χ1v) is 9.42. The number of aryl methyl sites for hydroxylation is 1. The molecule has 3 aromatic rings. The minimum absolute atomic E-state index is 0.105. The van der Waals surface area contributed by atoms with Gasteiger partial charge in [0.25, 0.3) is 0 Å². The van der Waals surface area contributed by atoms with Crippen LogP contribution in [0, 0.1) is 6.92 Å². The van der Waals surface area contributed by atoms with Crippen LogP contribution < -0.4 is 19.5 Å². The van der Waals surface area contributed by atoms with Gasteiger partial charge in [0.2, 0.25) is 12.7 Å². The van der Waals surface area contributed by atoms with E-state index in [2.05, 4.69) is 10.5 Å². The minimum atomic E-state index is -0.674. The Morgan fingerprint density at radius 3 is 2.72 bits per heavy atom. The molecule has 0 bridgehead atoms. The summed E-state index contributed by atoms with van der Waals surface area (Å²) in [6.07, 6.45) is 1.44. The summed E-state index contributed by atoms with van der Waals surface area (Å²) in [6.45, 7) is 2.18. The monoisotopic (exact) mass is 392 g/mol. The lowest BCUT2D eigenvalue weighted by Crippen LogP contribution is -2.28. The van der Waals surface area contributed by atoms with Crippen molar-refractivity contribution in [1.82, 2.24) is 5.16 Å². The largest absolute Gasteiger partial charge is 0.495 e. The highest BCUT2D eigenvalue weighted by Gasteiger charge is 2.54. The second kappa shape index (κ2) is 6.55. The van der Waals surface area contributed by atoms with Crippen molar-refractivity contribution >= 4 is 11.6 Å². The zero-order valence-corrected chi connectivity index (χ0v) is 16.2. The van der Waals surface area contributed by atoms with Gasteiger partial charge in [-0.25, -0.2) is 0 Å². The van der Waals surface area contributed by atoms with E-state index in [-0.39, 0.29) is 12.7 Å². The fraction of sp³-hybridized carbons (Fsp3) is 0.273. The maximum atomic E-state index is 13.1. The molecule has 1 fully saturated rings. The van der Waals surface area contributed by atoms with Crippen molar-refractivity contribution in [2.24, 2.45) is 0 Å². The first kappa shape index (κ1) is 17.6. The Labute approximate surface area is 167 Å². The van der Waals surface area contributed by atoms with Crippen molar-refractivity contribution in [2.75, 3.05) is 19.2 Å². The van der Waals surface area contributed by atoms with Crippen LogP contribution in [0.25, 0.3) is 11.3 Å². The SMILES string of the molecule is COc1ccc(C)cc1NC(=O)C1(c2cc(-c3ccc4c(c3)OCO4)on2)CC1. The smallest absolute Gasteiger partial charge is 0.236 e. The Kier molecular flexibility index (Phi) is 3.97. The summed E-state index contributed by atoms with van der Waals surface area (Å²) in [5.41, 5.74) is 2.48. The number of hydrogen-bond donors (Lipinski definition) is 1. The number of hydrogen-bond acceptors (Lipinski definition) is 6. The van der Waals surface area contributed by atoms with Crippen LogP contribution in [-0.2, 0) is 10.2 Å². The van der Waals surface area contributed by atoms with E-state index >= 15 is 0 Å². The van der Waals surface area contributed by atoms with Crippen LogP contribution in [0.5, 0.6) is 17.2 Å². The molecule has 1 amide bonds. The van der Waals surface area contributed by atoms with Gasteiger partial charge in [-0.05, 0) is 55.7 Å². The molecule has 1 saturated carbocycles. The standard InChI is InChI=1S/C22H20N2O5/c1-13-3-5-16(26-2)15(9-13)23-21(25)22(7-8-22)20-11-18(29-24-20)14-4-6-17-19(10-14)28-12-27-17/h3-6,9-11H,7-8,12H2,1-2H3,(H,23,25). The lowest BCUT2D eigenvalue weighted by Gasteiger charge is -2.15. The number of carbonyl (C=O) groups excluding carboxylic acids is 1. The first-order valence-electron chi connectivity index (χ1n) is 9.42. The number of nitrogens with one attached hydrogen (secondary N) is 1. The Hall–Kier alpha value is -3.48. The molecule has 1 aromatic heterocycles. The summed E-state index contributed by atoms with van der Waals surface area (Å²) in [5, 5.41) is 7.21. The van der Waals surface area contributed by atoms with Crippen molar-refractivity contribution in [1.29, 1.82) is 0 Å². The quantitative estimate of drug-likeness (QED) is 0.705. The van der Waals surface area contributed by atoms with Crippen molar-refractivity contribution in [3.05, 3.63) is 53.7 Å². The second-order valence-electron chi connectivity index (χ2n) is 7.38. The third-order valence-corrected chi connectivity index (χ3v) is 5.45. The molecule has 7 nitrogen and oxygen atoms in total. The predicted octanol–water partition coefficient (Wildman–Crippen LogP) is 4.06. The number of nitrogens with zero attached hydrogens (tertiary/aromatic N) is 1. The van der Waals surface area contributed by atoms with Crippen LogP contribution in [0.1, 0.15) is 24.1 Å². The van der Waals surface area contributed by atoms with Gasteiger partial charge in [0.1, 0.15) is 5.75 Å². The maximum absolute atomic E-state index is 13.1. The highest BCUT2D eigenvalue weighted by Crippen LogP contribution is 2.49. The van der Waals surface area contributed by atoms with Crippen molar-refractivity contribution in [3.8, 4) is 28.6 Å². The van der Waals surface area contributed by atoms with E-state index < -0.39 is 5.41 Å². The highest BCUT2D eigenvalue weighted by molar-refractivity contribution is 6.02. The molecule has 1 aliphatic carbocycles. The molecule has 1 aliphatic heterocycles. The van der Waals surface area contributed by atoms with Gasteiger partial charge in [-0.2, -0.15) is 0 Å². The predicted molar refractivity (Wildman–Crippen MR) is 105 cm³/mol. The van der Waals surface area contributed by atoms with E-state index in [9.17, 15) is 4.79 Å². The van der Waals surface area contributed by atoms with Crippen LogP contribution >= 0.6 is 0 Å². The summed E-state index contributed by atoms with van der Waals surface area (Å²) in [5.74, 6) is 2.49. The van der Waals surface area contributed by atoms with Crippen LogP contribution in [0.15, 0.2) is 47.0 Å². The van der Waals surface area contributed by atoms with E-state index in [1.807, 2.05) is 49.4 Å². The molecule has 148 valence electrons. The van der Waals surface area contributed by atoms with Crippen LogP contribution in [-0.4, -0.2) is 25.0 Å². The number of carbonyl (C=O) groups is 1. The van der Waals surface area contributed by atoms with Gasteiger partial charge >= 0.3 is 0 Å². The average Bonchev–Trinajstić information content (AvgIpc) is 3.16. The molecular weight excluding hydrogens is 372 g/mol. The molecule has 2 heterocycles. The van der Waals surface area contributed by atoms with Gasteiger partial charge in [0.05, 0.1) is 23.9 Å². The maximum Gasteiger partial charge on any atom is 0.236 e. The Bertz CT molecular complexity index is 1100. The van der Waals surface area contributed by atoms with Crippen molar-refractivity contribution in [3.63, 3.8) is 0 Å². The minimum Gasteiger partial charge on any atom is -0.495 e. The average molecular weight is 392 g/mol. The van der Waals surface area contributed by atoms with Crippen molar-refractivity contribution < 1.29 is 23.5 Å². The molecule has 0 unspecified atom stereocenters. The number of anilines is 1. The summed E-state index contributed by atoms with van der Waals surface area (Å²) < 4.78 is 21.7. The number of methoxy groups -OCH3 is 1. The molecule has 29 heavy (non-hydrogen) atoms. The number of amides is 1. The molecule has 1 N–H and O–H groups in total. The molecule has 7 heteroatoms. The van der Waals surface area contributed by atoms with Gasteiger partial charge in [-0.1, -0.05) is 11.2 Å². The first-order chi connectivity index (χ1) is 14.1. The lowest BCUT2D eigenvalue weighted by molar-refractivity contribution is -0.118. The highest BCUT2D eigenvalue weighted by atomic mass is 16.7. The number of fused-ring (bicyclic) bond motifs is 1. The van der Waals surface area contributed by atoms with Crippen molar-refractivity contribution in [2.45, 2.75) is 25.2 Å². The van der Waals surface area contributed by atoms with Gasteiger partial charge in [0.15, 0.2) is 17.3 Å². The van der Waals surface area contributed by atoms with E-state index in [4.69, 9.17) is 18.7 Å². The molecule has 5 rings (SSSR count). The van der Waals surface area contributed by atoms with Gasteiger partial charge < -0.3 is 24.1 Å². The van der Waals surface area contributed by atoms with Crippen LogP contribution in [0.2, 0.25) is 0 Å². The van der Waals surface area contributed by atoms with E-state index in [0.29, 0.717) is 34.4 Å². The third-order valence-electron chi connectivity index (χ3n) is 5.45. The van der Waals surface area contributed by atoms with Crippen LogP contribution in [0.3, 0.4) is 0 Å². The summed E-state index contributed by atoms with van der Waals surface area (Å²) in [7, 11) is 1.59. The third kappa shape index (κ3) is 2.99. The van der Waals surface area contributed by atoms with E-state index in [1.165, 1.54) is 0 Å². The van der Waals surface area contributed by atoms with E-state index in [0.717, 1.165) is 24.0 Å². The molecular formula is C22H20N2O5. The zero-order chi connectivity index (χ0) is 20.0. The van der Waals surface area contributed by atoms with Gasteiger partial charge in [-0.15, -0.1) is 0 Å². The molecule has 0 atom stereocenters. The fourth-order valence-corrected chi connectivity index (χ4v) is 3.57. The number of ether oxygens (including phenoxy) is 3. The lowest BCUT2D eigenvalue weighted by atomic mass is 10.00. The van der Waals surface area contributed by atoms with E-state index in [1.54, 1.807) is 7.11 Å².